The molecule has 0 aromatic heterocycles. The smallest absolute Gasteiger partial charge is 0.116 e. The third-order valence-electron chi connectivity index (χ3n) is 3.42. The molecule has 3 heteroatoms. The van der Waals surface area contributed by atoms with Crippen molar-refractivity contribution < 1.29 is 5.11 Å². The minimum atomic E-state index is 0.305. The van der Waals surface area contributed by atoms with Crippen LogP contribution in [0.1, 0.15) is 0 Å². The molecule has 3 aromatic rings. The molecule has 0 amide bonds. The lowest BCUT2D eigenvalue weighted by molar-refractivity contribution is 0.475. The van der Waals surface area contributed by atoms with E-state index in [-0.39, 0.29) is 0 Å². The summed E-state index contributed by atoms with van der Waals surface area (Å²) in [5.41, 5.74) is 2.23. The van der Waals surface area contributed by atoms with Gasteiger partial charge in [-0.1, -0.05) is 59.9 Å². The van der Waals surface area contributed by atoms with Gasteiger partial charge in [0.05, 0.1) is 0 Å². The predicted molar refractivity (Wildman–Crippen MR) is 88.2 cm³/mol. The van der Waals surface area contributed by atoms with Gasteiger partial charge in [-0.15, -0.1) is 0 Å². The van der Waals surface area contributed by atoms with Gasteiger partial charge < -0.3 is 5.11 Å². The molecule has 0 spiro atoms. The van der Waals surface area contributed by atoms with Crippen LogP contribution in [0.2, 0.25) is 0 Å². The van der Waals surface area contributed by atoms with Crippen molar-refractivity contribution in [3.05, 3.63) is 66.7 Å². The van der Waals surface area contributed by atoms with Crippen molar-refractivity contribution in [3.8, 4) is 16.9 Å². The average molecular weight is 308 g/mol. The van der Waals surface area contributed by atoms with Crippen molar-refractivity contribution in [1.82, 2.24) is 0 Å². The number of rotatable bonds is 1. The maximum Gasteiger partial charge on any atom is 0.116 e. The second-order valence-corrected chi connectivity index (χ2v) is 6.97. The van der Waals surface area contributed by atoms with Crippen LogP contribution in [0.4, 0.5) is 0 Å². The standard InChI is InChI=1S/C18H12OS2/c19-13-6-3-5-12(11-13)14-7-4-10-17-18(14)21-16-9-2-1-8-15(16)20-17/h1-11,19H. The van der Waals surface area contributed by atoms with Crippen molar-refractivity contribution in [3.63, 3.8) is 0 Å². The topological polar surface area (TPSA) is 20.2 Å². The van der Waals surface area contributed by atoms with Gasteiger partial charge in [0.1, 0.15) is 5.75 Å². The Morgan fingerprint density at radius 2 is 1.38 bits per heavy atom. The summed E-state index contributed by atoms with van der Waals surface area (Å²) >= 11 is 3.62. The first-order valence-electron chi connectivity index (χ1n) is 6.68. The predicted octanol–water partition coefficient (Wildman–Crippen LogP) is 5.68. The van der Waals surface area contributed by atoms with Gasteiger partial charge in [-0.05, 0) is 41.5 Å². The first-order chi connectivity index (χ1) is 10.3. The van der Waals surface area contributed by atoms with E-state index in [1.54, 1.807) is 6.07 Å². The van der Waals surface area contributed by atoms with Crippen molar-refractivity contribution in [2.75, 3.05) is 0 Å². The van der Waals surface area contributed by atoms with Crippen LogP contribution in [0.3, 0.4) is 0 Å². The lowest BCUT2D eigenvalue weighted by atomic mass is 10.1. The lowest BCUT2D eigenvalue weighted by Crippen LogP contribution is -1.92. The minimum absolute atomic E-state index is 0.305. The fourth-order valence-corrected chi connectivity index (χ4v) is 4.85. The number of fused-ring (bicyclic) bond motifs is 2. The Kier molecular flexibility index (Phi) is 3.17. The summed E-state index contributed by atoms with van der Waals surface area (Å²) in [5, 5.41) is 9.72. The maximum atomic E-state index is 9.72. The highest BCUT2D eigenvalue weighted by atomic mass is 32.2. The average Bonchev–Trinajstić information content (AvgIpc) is 2.52. The zero-order valence-corrected chi connectivity index (χ0v) is 12.7. The Morgan fingerprint density at radius 1 is 0.667 bits per heavy atom. The molecule has 0 saturated carbocycles. The molecule has 0 saturated heterocycles. The fourth-order valence-electron chi connectivity index (χ4n) is 2.45. The van der Waals surface area contributed by atoms with Gasteiger partial charge in [0.2, 0.25) is 0 Å². The Morgan fingerprint density at radius 3 is 2.19 bits per heavy atom. The number of aromatic hydroxyl groups is 1. The molecule has 4 rings (SSSR count). The molecular weight excluding hydrogens is 296 g/mol. The molecule has 1 aliphatic heterocycles. The van der Waals surface area contributed by atoms with Crippen molar-refractivity contribution in [1.29, 1.82) is 0 Å². The summed E-state index contributed by atoms with van der Waals surface area (Å²) in [4.78, 5) is 5.15. The van der Waals surface area contributed by atoms with Crippen LogP contribution >= 0.6 is 23.5 Å². The van der Waals surface area contributed by atoms with Gasteiger partial charge >= 0.3 is 0 Å². The van der Waals surface area contributed by atoms with Gasteiger partial charge in [0.15, 0.2) is 0 Å². The Hall–Kier alpha value is -1.84. The maximum absolute atomic E-state index is 9.72. The molecule has 1 aliphatic rings. The lowest BCUT2D eigenvalue weighted by Gasteiger charge is -2.21. The van der Waals surface area contributed by atoms with E-state index < -0.39 is 0 Å². The minimum Gasteiger partial charge on any atom is -0.508 e. The van der Waals surface area contributed by atoms with Gasteiger partial charge in [-0.25, -0.2) is 0 Å². The number of phenolic OH excluding ortho intramolecular Hbond substituents is 1. The second kappa shape index (κ2) is 5.17. The van der Waals surface area contributed by atoms with Crippen LogP contribution in [0.15, 0.2) is 86.3 Å². The first-order valence-corrected chi connectivity index (χ1v) is 8.32. The third kappa shape index (κ3) is 2.33. The first kappa shape index (κ1) is 12.9. The van der Waals surface area contributed by atoms with E-state index in [9.17, 15) is 5.11 Å². The van der Waals surface area contributed by atoms with E-state index in [0.29, 0.717) is 5.75 Å². The Balaban J connectivity index is 1.86. The van der Waals surface area contributed by atoms with E-state index in [1.807, 2.05) is 41.7 Å². The fraction of sp³-hybridized carbons (Fsp3) is 0. The molecule has 21 heavy (non-hydrogen) atoms. The van der Waals surface area contributed by atoms with Gasteiger partial charge in [-0.3, -0.25) is 0 Å². The van der Waals surface area contributed by atoms with Gasteiger partial charge in [0.25, 0.3) is 0 Å². The monoisotopic (exact) mass is 308 g/mol. The summed E-state index contributed by atoms with van der Waals surface area (Å²) in [6, 6.07) is 22.3. The van der Waals surface area contributed by atoms with Crippen molar-refractivity contribution in [2.45, 2.75) is 19.6 Å². The van der Waals surface area contributed by atoms with Crippen LogP contribution < -0.4 is 0 Å². The number of benzene rings is 3. The van der Waals surface area contributed by atoms with E-state index in [1.165, 1.54) is 25.1 Å². The van der Waals surface area contributed by atoms with E-state index in [0.717, 1.165) is 5.56 Å². The molecule has 0 bridgehead atoms. The highest BCUT2D eigenvalue weighted by Crippen LogP contribution is 2.51. The molecule has 3 aromatic carbocycles. The molecule has 0 fully saturated rings. The number of hydrogen-bond acceptors (Lipinski definition) is 3. The number of phenols is 1. The molecular formula is C18H12OS2. The quantitative estimate of drug-likeness (QED) is 0.489. The Bertz CT molecular complexity index is 827. The van der Waals surface area contributed by atoms with Crippen LogP contribution in [0, 0.1) is 0 Å². The van der Waals surface area contributed by atoms with E-state index in [2.05, 4.69) is 42.5 Å². The number of hydrogen-bond donors (Lipinski definition) is 1. The molecule has 0 unspecified atom stereocenters. The van der Waals surface area contributed by atoms with Gasteiger partial charge in [-0.2, -0.15) is 0 Å². The SMILES string of the molecule is Oc1cccc(-c2cccc3c2Sc2ccccc2S3)c1. The van der Waals surface area contributed by atoms with Crippen LogP contribution in [-0.4, -0.2) is 5.11 Å². The molecule has 102 valence electrons. The van der Waals surface area contributed by atoms with Crippen LogP contribution in [0.25, 0.3) is 11.1 Å². The largest absolute Gasteiger partial charge is 0.508 e. The van der Waals surface area contributed by atoms with Crippen LogP contribution in [-0.2, 0) is 0 Å². The zero-order chi connectivity index (χ0) is 14.2. The van der Waals surface area contributed by atoms with E-state index in [4.69, 9.17) is 0 Å². The summed E-state index contributed by atoms with van der Waals surface area (Å²) in [6.07, 6.45) is 0. The summed E-state index contributed by atoms with van der Waals surface area (Å²) in [6.45, 7) is 0. The van der Waals surface area contributed by atoms with Crippen molar-refractivity contribution >= 4 is 23.5 Å². The molecule has 1 heterocycles. The van der Waals surface area contributed by atoms with Gasteiger partial charge in [0, 0.05) is 19.6 Å². The normalized spacial score (nSPS) is 12.6. The molecule has 0 aliphatic carbocycles. The second-order valence-electron chi connectivity index (χ2n) is 4.83. The van der Waals surface area contributed by atoms with Crippen molar-refractivity contribution in [2.24, 2.45) is 0 Å². The molecule has 1 N–H and O–H groups in total. The molecule has 0 atom stereocenters. The highest BCUT2D eigenvalue weighted by molar-refractivity contribution is 8.05. The summed E-state index contributed by atoms with van der Waals surface area (Å²) < 4.78 is 0. The summed E-state index contributed by atoms with van der Waals surface area (Å²) in [7, 11) is 0. The van der Waals surface area contributed by atoms with Crippen LogP contribution in [0.5, 0.6) is 5.75 Å². The zero-order valence-electron chi connectivity index (χ0n) is 11.1. The highest BCUT2D eigenvalue weighted by Gasteiger charge is 2.19. The molecule has 1 nitrogen and oxygen atoms in total. The van der Waals surface area contributed by atoms with E-state index >= 15 is 0 Å². The summed E-state index contributed by atoms with van der Waals surface area (Å²) in [5.74, 6) is 0.305. The molecule has 0 radical (unpaired) electrons. The third-order valence-corrected chi connectivity index (χ3v) is 6.03. The Labute approximate surface area is 132 Å².